The standard InChI is InChI=1S/C26H20Cl2/c27-25-16-12-21(13-17-25)6-1-3-8-23-10-5-11-24(20-23)9-4-2-7-22-14-18-26(28)19-15-22/h1-20H/b6-1+,7-2+,8-3+,9-4+. The summed E-state index contributed by atoms with van der Waals surface area (Å²) in [5.41, 5.74) is 4.56. The number of halogens is 2. The first-order valence-electron chi connectivity index (χ1n) is 9.00. The molecule has 0 aliphatic carbocycles. The van der Waals surface area contributed by atoms with E-state index in [-0.39, 0.29) is 0 Å². The van der Waals surface area contributed by atoms with Crippen molar-refractivity contribution in [3.63, 3.8) is 0 Å². The minimum atomic E-state index is 0.751. The number of allylic oxidation sites excluding steroid dienone is 4. The van der Waals surface area contributed by atoms with Gasteiger partial charge in [-0.1, -0.05) is 114 Å². The van der Waals surface area contributed by atoms with E-state index in [1.807, 2.05) is 72.8 Å². The summed E-state index contributed by atoms with van der Waals surface area (Å²) in [6, 6.07) is 23.9. The van der Waals surface area contributed by atoms with Gasteiger partial charge in [-0.3, -0.25) is 0 Å². The van der Waals surface area contributed by atoms with Crippen molar-refractivity contribution in [2.75, 3.05) is 0 Å². The van der Waals surface area contributed by atoms with Crippen molar-refractivity contribution in [1.29, 1.82) is 0 Å². The molecule has 28 heavy (non-hydrogen) atoms. The number of benzene rings is 3. The van der Waals surface area contributed by atoms with Crippen molar-refractivity contribution in [2.45, 2.75) is 0 Å². The van der Waals surface area contributed by atoms with Crippen molar-refractivity contribution < 1.29 is 0 Å². The summed E-state index contributed by atoms with van der Waals surface area (Å²) in [5.74, 6) is 0. The second-order valence-corrected chi connectivity index (χ2v) is 7.08. The van der Waals surface area contributed by atoms with Crippen LogP contribution in [0.1, 0.15) is 22.3 Å². The van der Waals surface area contributed by atoms with Gasteiger partial charge in [0, 0.05) is 10.0 Å². The van der Waals surface area contributed by atoms with Gasteiger partial charge in [0.1, 0.15) is 0 Å². The maximum Gasteiger partial charge on any atom is 0.0406 e. The van der Waals surface area contributed by atoms with Gasteiger partial charge in [-0.2, -0.15) is 0 Å². The molecule has 0 aliphatic rings. The highest BCUT2D eigenvalue weighted by Gasteiger charge is 1.90. The molecule has 0 radical (unpaired) electrons. The van der Waals surface area contributed by atoms with Crippen molar-refractivity contribution in [1.82, 2.24) is 0 Å². The molecule has 0 saturated carbocycles. The average Bonchev–Trinajstić information content (AvgIpc) is 2.72. The fourth-order valence-corrected chi connectivity index (χ4v) is 2.83. The monoisotopic (exact) mass is 402 g/mol. The molecule has 0 fully saturated rings. The lowest BCUT2D eigenvalue weighted by Crippen LogP contribution is -1.75. The Morgan fingerprint density at radius 2 is 0.786 bits per heavy atom. The minimum absolute atomic E-state index is 0.751. The summed E-state index contributed by atoms with van der Waals surface area (Å²) < 4.78 is 0. The van der Waals surface area contributed by atoms with E-state index in [9.17, 15) is 0 Å². The van der Waals surface area contributed by atoms with E-state index in [0.717, 1.165) is 32.3 Å². The van der Waals surface area contributed by atoms with Gasteiger partial charge in [0.15, 0.2) is 0 Å². The zero-order valence-electron chi connectivity index (χ0n) is 15.3. The number of hydrogen-bond donors (Lipinski definition) is 0. The molecular weight excluding hydrogens is 383 g/mol. The molecule has 0 aliphatic heterocycles. The lowest BCUT2D eigenvalue weighted by atomic mass is 10.1. The van der Waals surface area contributed by atoms with Gasteiger partial charge in [-0.25, -0.2) is 0 Å². The second kappa shape index (κ2) is 10.5. The number of hydrogen-bond acceptors (Lipinski definition) is 0. The quantitative estimate of drug-likeness (QED) is 0.362. The summed E-state index contributed by atoms with van der Waals surface area (Å²) in [7, 11) is 0. The van der Waals surface area contributed by atoms with Crippen molar-refractivity contribution in [3.05, 3.63) is 129 Å². The van der Waals surface area contributed by atoms with E-state index in [1.54, 1.807) is 0 Å². The molecule has 138 valence electrons. The molecular formula is C26H20Cl2. The lowest BCUT2D eigenvalue weighted by Gasteiger charge is -1.96. The van der Waals surface area contributed by atoms with Crippen LogP contribution in [-0.4, -0.2) is 0 Å². The van der Waals surface area contributed by atoms with E-state index in [0.29, 0.717) is 0 Å². The first kappa shape index (κ1) is 19.9. The molecule has 0 unspecified atom stereocenters. The SMILES string of the molecule is Clc1ccc(/C=C/C=C/c2cccc(/C=C/C=C/c3ccc(Cl)cc3)c2)cc1. The van der Waals surface area contributed by atoms with Crippen LogP contribution in [0.15, 0.2) is 97.1 Å². The van der Waals surface area contributed by atoms with Crippen LogP contribution >= 0.6 is 23.2 Å². The topological polar surface area (TPSA) is 0 Å². The second-order valence-electron chi connectivity index (χ2n) is 6.21. The van der Waals surface area contributed by atoms with Gasteiger partial charge in [-0.15, -0.1) is 0 Å². The summed E-state index contributed by atoms with van der Waals surface area (Å²) in [5, 5.41) is 1.50. The molecule has 0 atom stereocenters. The zero-order valence-corrected chi connectivity index (χ0v) is 16.8. The van der Waals surface area contributed by atoms with Gasteiger partial charge in [0.05, 0.1) is 0 Å². The summed E-state index contributed by atoms with van der Waals surface area (Å²) in [6.07, 6.45) is 16.4. The van der Waals surface area contributed by atoms with Gasteiger partial charge < -0.3 is 0 Å². The molecule has 0 nitrogen and oxygen atoms in total. The smallest absolute Gasteiger partial charge is 0.0406 e. The lowest BCUT2D eigenvalue weighted by molar-refractivity contribution is 1.61. The van der Waals surface area contributed by atoms with Crippen LogP contribution in [0.3, 0.4) is 0 Å². The van der Waals surface area contributed by atoms with Crippen LogP contribution in [0.5, 0.6) is 0 Å². The summed E-state index contributed by atoms with van der Waals surface area (Å²) >= 11 is 11.8. The van der Waals surface area contributed by atoms with Crippen LogP contribution in [0.25, 0.3) is 24.3 Å². The molecule has 0 bridgehead atoms. The summed E-state index contributed by atoms with van der Waals surface area (Å²) in [4.78, 5) is 0. The molecule has 0 spiro atoms. The molecule has 0 N–H and O–H groups in total. The Hall–Kier alpha value is -2.80. The Labute approximate surface area is 176 Å². The first-order chi connectivity index (χ1) is 13.7. The van der Waals surface area contributed by atoms with Crippen molar-refractivity contribution in [3.8, 4) is 0 Å². The van der Waals surface area contributed by atoms with Gasteiger partial charge >= 0.3 is 0 Å². The zero-order chi connectivity index (χ0) is 19.6. The minimum Gasteiger partial charge on any atom is -0.0843 e. The molecule has 0 aromatic heterocycles. The molecule has 0 heterocycles. The predicted octanol–water partition coefficient (Wildman–Crippen LogP) is 8.45. The summed E-state index contributed by atoms with van der Waals surface area (Å²) in [6.45, 7) is 0. The highest BCUT2D eigenvalue weighted by Crippen LogP contribution is 2.13. The maximum atomic E-state index is 5.90. The van der Waals surface area contributed by atoms with E-state index >= 15 is 0 Å². The first-order valence-corrected chi connectivity index (χ1v) is 9.75. The molecule has 0 saturated heterocycles. The van der Waals surface area contributed by atoms with Crippen molar-refractivity contribution >= 4 is 47.5 Å². The van der Waals surface area contributed by atoms with Crippen LogP contribution in [0.4, 0.5) is 0 Å². The highest BCUT2D eigenvalue weighted by molar-refractivity contribution is 6.30. The average molecular weight is 403 g/mol. The van der Waals surface area contributed by atoms with Crippen LogP contribution < -0.4 is 0 Å². The third-order valence-corrected chi connectivity index (χ3v) is 4.53. The van der Waals surface area contributed by atoms with Gasteiger partial charge in [0.25, 0.3) is 0 Å². The Morgan fingerprint density at radius 3 is 1.18 bits per heavy atom. The van der Waals surface area contributed by atoms with Crippen LogP contribution in [-0.2, 0) is 0 Å². The molecule has 2 heteroatoms. The fraction of sp³-hybridized carbons (Fsp3) is 0. The third-order valence-electron chi connectivity index (χ3n) is 4.03. The van der Waals surface area contributed by atoms with E-state index < -0.39 is 0 Å². The highest BCUT2D eigenvalue weighted by atomic mass is 35.5. The Morgan fingerprint density at radius 1 is 0.429 bits per heavy atom. The molecule has 3 aromatic rings. The van der Waals surface area contributed by atoms with Crippen molar-refractivity contribution in [2.24, 2.45) is 0 Å². The fourth-order valence-electron chi connectivity index (χ4n) is 2.58. The predicted molar refractivity (Wildman–Crippen MR) is 125 cm³/mol. The Bertz CT molecular complexity index is 924. The van der Waals surface area contributed by atoms with E-state index in [2.05, 4.69) is 48.6 Å². The molecule has 0 amide bonds. The van der Waals surface area contributed by atoms with Gasteiger partial charge in [-0.05, 0) is 52.6 Å². The Balaban J connectivity index is 1.58. The van der Waals surface area contributed by atoms with E-state index in [4.69, 9.17) is 23.2 Å². The van der Waals surface area contributed by atoms with E-state index in [1.165, 1.54) is 0 Å². The van der Waals surface area contributed by atoms with Gasteiger partial charge in [0.2, 0.25) is 0 Å². The van der Waals surface area contributed by atoms with Crippen LogP contribution in [0, 0.1) is 0 Å². The van der Waals surface area contributed by atoms with Crippen LogP contribution in [0.2, 0.25) is 10.0 Å². The Kier molecular flexibility index (Phi) is 7.49. The maximum absolute atomic E-state index is 5.90. The molecule has 3 rings (SSSR count). The normalized spacial score (nSPS) is 12.1. The molecule has 3 aromatic carbocycles. The third kappa shape index (κ3) is 6.74. The number of rotatable bonds is 6. The largest absolute Gasteiger partial charge is 0.0843 e.